The quantitative estimate of drug-likeness (QED) is 0.442. The third-order valence-electron chi connectivity index (χ3n) is 7.17. The average Bonchev–Trinajstić information content (AvgIpc) is 2.75. The van der Waals surface area contributed by atoms with Gasteiger partial charge in [-0.3, -0.25) is 9.59 Å². The Kier molecular flexibility index (Phi) is 11.0. The van der Waals surface area contributed by atoms with E-state index in [-0.39, 0.29) is 11.9 Å². The molecule has 2 aliphatic rings. The molecule has 3 N–H and O–H groups in total. The maximum atomic E-state index is 12.6. The van der Waals surface area contributed by atoms with E-state index in [9.17, 15) is 14.7 Å². The van der Waals surface area contributed by atoms with Crippen LogP contribution < -0.4 is 10.6 Å². The molecule has 5 heteroatoms. The minimum atomic E-state index is -0.801. The van der Waals surface area contributed by atoms with Gasteiger partial charge in [0.2, 0.25) is 5.91 Å². The van der Waals surface area contributed by atoms with Gasteiger partial charge in [0.15, 0.2) is 0 Å². The average molecular weight is 455 g/mol. The van der Waals surface area contributed by atoms with Crippen LogP contribution in [0.1, 0.15) is 101 Å². The summed E-state index contributed by atoms with van der Waals surface area (Å²) in [7, 11) is 0. The van der Waals surface area contributed by atoms with Crippen LogP contribution in [0.2, 0.25) is 0 Å². The van der Waals surface area contributed by atoms with E-state index in [1.54, 1.807) is 6.08 Å². The van der Waals surface area contributed by atoms with Crippen molar-refractivity contribution in [2.24, 2.45) is 0 Å². The van der Waals surface area contributed by atoms with Crippen molar-refractivity contribution in [2.45, 2.75) is 115 Å². The van der Waals surface area contributed by atoms with Crippen molar-refractivity contribution in [1.29, 1.82) is 0 Å². The minimum Gasteiger partial charge on any atom is -0.480 e. The first-order valence-electron chi connectivity index (χ1n) is 13.1. The van der Waals surface area contributed by atoms with Gasteiger partial charge in [0.1, 0.15) is 6.04 Å². The van der Waals surface area contributed by atoms with Gasteiger partial charge in [0.25, 0.3) is 0 Å². The molecular formula is C28H42N2O3. The number of hydrogen-bond donors (Lipinski definition) is 3. The monoisotopic (exact) mass is 454 g/mol. The lowest BCUT2D eigenvalue weighted by atomic mass is 9.94. The van der Waals surface area contributed by atoms with Gasteiger partial charge in [0.05, 0.1) is 0 Å². The summed E-state index contributed by atoms with van der Waals surface area (Å²) in [6.45, 7) is 0.425. The van der Waals surface area contributed by atoms with Crippen LogP contribution in [0.15, 0.2) is 35.9 Å². The standard InChI is InChI=1S/C28H42N2O3/c31-27(19-22-13-7-3-1-4-8-14-22)29-21-24-16-12-11-15-23(24)20-26(28(32)33)30-25-17-9-5-2-6-10-18-25/h11-12,15-16,19,25-26,30H,1-10,13-14,17-18,20-21H2,(H,29,31)(H,32,33)/t26-/m1/s1. The Morgan fingerprint density at radius 2 is 1.45 bits per heavy atom. The summed E-state index contributed by atoms with van der Waals surface area (Å²) in [5.74, 6) is -0.840. The largest absolute Gasteiger partial charge is 0.480 e. The molecule has 0 aliphatic heterocycles. The van der Waals surface area contributed by atoms with E-state index in [2.05, 4.69) is 10.6 Å². The van der Waals surface area contributed by atoms with Crippen LogP contribution in [0.25, 0.3) is 0 Å². The molecular weight excluding hydrogens is 412 g/mol. The summed E-state index contributed by atoms with van der Waals surface area (Å²) >= 11 is 0. The zero-order chi connectivity index (χ0) is 23.3. The van der Waals surface area contributed by atoms with Gasteiger partial charge in [-0.15, -0.1) is 0 Å². The first kappa shape index (κ1) is 25.5. The Morgan fingerprint density at radius 1 is 0.879 bits per heavy atom. The highest BCUT2D eigenvalue weighted by Crippen LogP contribution is 2.22. The molecule has 0 saturated heterocycles. The number of carbonyl (C=O) groups is 2. The molecule has 0 heterocycles. The van der Waals surface area contributed by atoms with Crippen LogP contribution >= 0.6 is 0 Å². The van der Waals surface area contributed by atoms with Crippen LogP contribution in [0.3, 0.4) is 0 Å². The zero-order valence-corrected chi connectivity index (χ0v) is 20.1. The number of rotatable bonds is 8. The van der Waals surface area contributed by atoms with Crippen molar-refractivity contribution in [2.75, 3.05) is 0 Å². The second kappa shape index (κ2) is 14.2. The van der Waals surface area contributed by atoms with Crippen LogP contribution in [0.5, 0.6) is 0 Å². The maximum absolute atomic E-state index is 12.6. The fourth-order valence-electron chi connectivity index (χ4n) is 5.20. The van der Waals surface area contributed by atoms with E-state index in [1.165, 1.54) is 69.8 Å². The van der Waals surface area contributed by atoms with Crippen LogP contribution in [0.4, 0.5) is 0 Å². The molecule has 1 amide bonds. The Hall–Kier alpha value is -2.14. The minimum absolute atomic E-state index is 0.0391. The van der Waals surface area contributed by atoms with Gasteiger partial charge in [-0.05, 0) is 56.1 Å². The number of amides is 1. The molecule has 1 aromatic rings. The molecule has 2 saturated carbocycles. The van der Waals surface area contributed by atoms with E-state index >= 15 is 0 Å². The Bertz CT molecular complexity index is 771. The second-order valence-electron chi connectivity index (χ2n) is 9.86. The van der Waals surface area contributed by atoms with E-state index in [1.807, 2.05) is 24.3 Å². The lowest BCUT2D eigenvalue weighted by Crippen LogP contribution is -2.45. The highest BCUT2D eigenvalue weighted by Gasteiger charge is 2.23. The smallest absolute Gasteiger partial charge is 0.321 e. The second-order valence-corrected chi connectivity index (χ2v) is 9.86. The van der Waals surface area contributed by atoms with E-state index in [0.717, 1.165) is 36.8 Å². The SMILES string of the molecule is O=C(C=C1CCCCCCC1)NCc1ccccc1C[C@@H](NC1CCCCCCC1)C(=O)O. The summed E-state index contributed by atoms with van der Waals surface area (Å²) in [6, 6.07) is 7.55. The third-order valence-corrected chi connectivity index (χ3v) is 7.17. The van der Waals surface area contributed by atoms with Crippen molar-refractivity contribution in [3.63, 3.8) is 0 Å². The van der Waals surface area contributed by atoms with Crippen molar-refractivity contribution in [1.82, 2.24) is 10.6 Å². The fraction of sp³-hybridized carbons (Fsp3) is 0.643. The van der Waals surface area contributed by atoms with Crippen molar-refractivity contribution >= 4 is 11.9 Å². The molecule has 0 aromatic heterocycles. The van der Waals surface area contributed by atoms with Crippen molar-refractivity contribution < 1.29 is 14.7 Å². The van der Waals surface area contributed by atoms with Gasteiger partial charge in [-0.25, -0.2) is 0 Å². The molecule has 2 aliphatic carbocycles. The summed E-state index contributed by atoms with van der Waals surface area (Å²) in [5.41, 5.74) is 3.24. The topological polar surface area (TPSA) is 78.4 Å². The Labute approximate surface area is 199 Å². The predicted octanol–water partition coefficient (Wildman–Crippen LogP) is 5.67. The molecule has 0 radical (unpaired) electrons. The molecule has 1 aromatic carbocycles. The number of allylic oxidation sites excluding steroid dienone is 1. The molecule has 3 rings (SSSR count). The van der Waals surface area contributed by atoms with Crippen molar-refractivity contribution in [3.05, 3.63) is 47.0 Å². The fourth-order valence-corrected chi connectivity index (χ4v) is 5.20. The summed E-state index contributed by atoms with van der Waals surface area (Å²) in [6.07, 6.45) is 18.7. The number of carboxylic acids is 1. The Morgan fingerprint density at radius 3 is 2.09 bits per heavy atom. The number of nitrogens with one attached hydrogen (secondary N) is 2. The van der Waals surface area contributed by atoms with Crippen molar-refractivity contribution in [3.8, 4) is 0 Å². The lowest BCUT2D eigenvalue weighted by Gasteiger charge is -2.25. The van der Waals surface area contributed by atoms with E-state index in [4.69, 9.17) is 0 Å². The lowest BCUT2D eigenvalue weighted by molar-refractivity contribution is -0.139. The van der Waals surface area contributed by atoms with Gasteiger partial charge in [-0.2, -0.15) is 0 Å². The predicted molar refractivity (Wildman–Crippen MR) is 133 cm³/mol. The number of hydrogen-bond acceptors (Lipinski definition) is 3. The molecule has 5 nitrogen and oxygen atoms in total. The highest BCUT2D eigenvalue weighted by molar-refractivity contribution is 5.88. The third kappa shape index (κ3) is 9.32. The normalized spacial score (nSPS) is 19.5. The molecule has 0 unspecified atom stereocenters. The zero-order valence-electron chi connectivity index (χ0n) is 20.1. The van der Waals surface area contributed by atoms with Gasteiger partial charge < -0.3 is 15.7 Å². The number of aliphatic carboxylic acids is 1. The summed E-state index contributed by atoms with van der Waals surface area (Å²) < 4.78 is 0. The molecule has 2 fully saturated rings. The molecule has 0 bridgehead atoms. The first-order chi connectivity index (χ1) is 16.1. The summed E-state index contributed by atoms with van der Waals surface area (Å²) in [5, 5.41) is 16.4. The van der Waals surface area contributed by atoms with Gasteiger partial charge >= 0.3 is 5.97 Å². The molecule has 182 valence electrons. The van der Waals surface area contributed by atoms with Gasteiger partial charge in [-0.1, -0.05) is 81.2 Å². The molecule has 33 heavy (non-hydrogen) atoms. The number of carboxylic acid groups (broad SMARTS) is 1. The highest BCUT2D eigenvalue weighted by atomic mass is 16.4. The summed E-state index contributed by atoms with van der Waals surface area (Å²) in [4.78, 5) is 24.6. The molecule has 1 atom stereocenters. The number of carbonyl (C=O) groups excluding carboxylic acids is 1. The maximum Gasteiger partial charge on any atom is 0.321 e. The van der Waals surface area contributed by atoms with Crippen LogP contribution in [0, 0.1) is 0 Å². The van der Waals surface area contributed by atoms with E-state index < -0.39 is 12.0 Å². The number of benzene rings is 1. The first-order valence-corrected chi connectivity index (χ1v) is 13.1. The van der Waals surface area contributed by atoms with Gasteiger partial charge in [0, 0.05) is 18.7 Å². The molecule has 0 spiro atoms. The van der Waals surface area contributed by atoms with E-state index in [0.29, 0.717) is 13.0 Å². The van der Waals surface area contributed by atoms with Crippen LogP contribution in [-0.2, 0) is 22.6 Å². The Balaban J connectivity index is 1.58. The van der Waals surface area contributed by atoms with Crippen LogP contribution in [-0.4, -0.2) is 29.1 Å².